The number of hydrogen-bond acceptors (Lipinski definition) is 2. The molecule has 2 unspecified atom stereocenters. The molecule has 0 aromatic carbocycles. The summed E-state index contributed by atoms with van der Waals surface area (Å²) in [5, 5.41) is 14.3. The Bertz CT molecular complexity index is 281. The lowest BCUT2D eigenvalue weighted by Gasteiger charge is -2.59. The van der Waals surface area contributed by atoms with Crippen LogP contribution in [-0.2, 0) is 0 Å². The van der Waals surface area contributed by atoms with Crippen LogP contribution in [0.25, 0.3) is 0 Å². The van der Waals surface area contributed by atoms with Gasteiger partial charge in [0.25, 0.3) is 0 Å². The molecule has 4 bridgehead atoms. The predicted octanol–water partition coefficient (Wildman–Crippen LogP) is 1.93. The maximum absolute atomic E-state index is 10.5. The van der Waals surface area contributed by atoms with E-state index in [9.17, 15) is 5.11 Å². The standard InChI is InChI=1S/C14H23NO/c16-14-6-9-4-10(7-14)13(11(5-9)8-14)12-2-1-3-15-12/h9-13,15-16H,1-8H2/t9?,10?,11?,12-,13?,14?/m1/s1. The maximum atomic E-state index is 10.5. The lowest BCUT2D eigenvalue weighted by molar-refractivity contribution is -0.156. The highest BCUT2D eigenvalue weighted by atomic mass is 16.3. The van der Waals surface area contributed by atoms with Crippen molar-refractivity contribution in [3.8, 4) is 0 Å². The van der Waals surface area contributed by atoms with Crippen LogP contribution in [0.4, 0.5) is 0 Å². The molecule has 16 heavy (non-hydrogen) atoms. The minimum absolute atomic E-state index is 0.244. The Morgan fingerprint density at radius 2 is 1.81 bits per heavy atom. The molecule has 2 N–H and O–H groups in total. The van der Waals surface area contributed by atoms with Gasteiger partial charge in [0, 0.05) is 6.04 Å². The van der Waals surface area contributed by atoms with Crippen molar-refractivity contribution in [3.63, 3.8) is 0 Å². The minimum Gasteiger partial charge on any atom is -0.390 e. The molecular weight excluding hydrogens is 198 g/mol. The average Bonchev–Trinajstić information content (AvgIpc) is 2.67. The summed E-state index contributed by atoms with van der Waals surface area (Å²) >= 11 is 0. The molecule has 0 aromatic rings. The van der Waals surface area contributed by atoms with E-state index in [1.807, 2.05) is 0 Å². The van der Waals surface area contributed by atoms with Crippen molar-refractivity contribution in [1.82, 2.24) is 5.32 Å². The van der Waals surface area contributed by atoms with Crippen molar-refractivity contribution < 1.29 is 5.11 Å². The van der Waals surface area contributed by atoms with Crippen LogP contribution in [0.3, 0.4) is 0 Å². The molecule has 0 radical (unpaired) electrons. The Hall–Kier alpha value is -0.0800. The van der Waals surface area contributed by atoms with E-state index < -0.39 is 0 Å². The van der Waals surface area contributed by atoms with Gasteiger partial charge in [-0.2, -0.15) is 0 Å². The summed E-state index contributed by atoms with van der Waals surface area (Å²) in [7, 11) is 0. The molecule has 5 fully saturated rings. The zero-order chi connectivity index (χ0) is 10.8. The number of nitrogens with one attached hydrogen (secondary N) is 1. The SMILES string of the molecule is OC12CC3CC(C1)C([C@H]1CCCN1)C(C3)C2. The van der Waals surface area contributed by atoms with Gasteiger partial charge in [-0.1, -0.05) is 0 Å². The Labute approximate surface area is 97.8 Å². The third-order valence-corrected chi connectivity index (χ3v) is 5.88. The van der Waals surface area contributed by atoms with Crippen molar-refractivity contribution in [2.45, 2.75) is 56.6 Å². The third kappa shape index (κ3) is 1.32. The van der Waals surface area contributed by atoms with Crippen molar-refractivity contribution >= 4 is 0 Å². The van der Waals surface area contributed by atoms with Crippen molar-refractivity contribution in [1.29, 1.82) is 0 Å². The quantitative estimate of drug-likeness (QED) is 0.709. The molecule has 5 rings (SSSR count). The van der Waals surface area contributed by atoms with Gasteiger partial charge in [-0.15, -0.1) is 0 Å². The molecule has 0 spiro atoms. The van der Waals surface area contributed by atoms with E-state index in [0.29, 0.717) is 0 Å². The van der Waals surface area contributed by atoms with E-state index in [0.717, 1.165) is 49.0 Å². The topological polar surface area (TPSA) is 32.3 Å². The molecule has 4 aliphatic carbocycles. The van der Waals surface area contributed by atoms with Gasteiger partial charge >= 0.3 is 0 Å². The van der Waals surface area contributed by atoms with Crippen LogP contribution in [0.15, 0.2) is 0 Å². The summed E-state index contributed by atoms with van der Waals surface area (Å²) in [5.74, 6) is 3.44. The van der Waals surface area contributed by atoms with Gasteiger partial charge in [0.15, 0.2) is 0 Å². The van der Waals surface area contributed by atoms with Gasteiger partial charge < -0.3 is 10.4 Å². The zero-order valence-corrected chi connectivity index (χ0v) is 9.99. The molecule has 3 atom stereocenters. The zero-order valence-electron chi connectivity index (χ0n) is 9.99. The molecule has 0 amide bonds. The fourth-order valence-corrected chi connectivity index (χ4v) is 5.72. The summed E-state index contributed by atoms with van der Waals surface area (Å²) in [6.07, 6.45) is 8.94. The van der Waals surface area contributed by atoms with Crippen LogP contribution >= 0.6 is 0 Å². The van der Waals surface area contributed by atoms with Crippen molar-refractivity contribution in [2.75, 3.05) is 6.54 Å². The lowest BCUT2D eigenvalue weighted by Crippen LogP contribution is -2.58. The highest BCUT2D eigenvalue weighted by Crippen LogP contribution is 2.59. The predicted molar refractivity (Wildman–Crippen MR) is 63.0 cm³/mol. The number of aliphatic hydroxyl groups is 1. The van der Waals surface area contributed by atoms with Crippen LogP contribution in [0.1, 0.15) is 44.9 Å². The summed E-state index contributed by atoms with van der Waals surface area (Å²) in [4.78, 5) is 0. The van der Waals surface area contributed by atoms with E-state index >= 15 is 0 Å². The molecule has 1 aliphatic heterocycles. The molecular formula is C14H23NO. The molecule has 2 heteroatoms. The summed E-state index contributed by atoms with van der Waals surface area (Å²) in [6.45, 7) is 1.23. The van der Waals surface area contributed by atoms with Gasteiger partial charge in [0.1, 0.15) is 0 Å². The maximum Gasteiger partial charge on any atom is 0.0656 e. The molecule has 2 nitrogen and oxygen atoms in total. The van der Waals surface area contributed by atoms with E-state index in [1.165, 1.54) is 32.2 Å². The monoisotopic (exact) mass is 221 g/mol. The van der Waals surface area contributed by atoms with Crippen LogP contribution < -0.4 is 5.32 Å². The normalized spacial score (nSPS) is 59.4. The second-order valence-corrected chi connectivity index (χ2v) is 6.97. The van der Waals surface area contributed by atoms with Crippen LogP contribution in [0.5, 0.6) is 0 Å². The Morgan fingerprint density at radius 3 is 2.38 bits per heavy atom. The summed E-state index contributed by atoms with van der Waals surface area (Å²) in [6, 6.07) is 0.790. The molecule has 1 heterocycles. The number of hydrogen-bond donors (Lipinski definition) is 2. The summed E-state index contributed by atoms with van der Waals surface area (Å²) in [5.41, 5.74) is -0.244. The Balaban J connectivity index is 1.61. The highest BCUT2D eigenvalue weighted by molar-refractivity contribution is 5.08. The largest absolute Gasteiger partial charge is 0.390 e. The smallest absolute Gasteiger partial charge is 0.0656 e. The van der Waals surface area contributed by atoms with Gasteiger partial charge in [0.05, 0.1) is 5.60 Å². The Kier molecular flexibility index (Phi) is 2.00. The van der Waals surface area contributed by atoms with Crippen molar-refractivity contribution in [2.24, 2.45) is 23.7 Å². The van der Waals surface area contributed by atoms with E-state index in [-0.39, 0.29) is 5.60 Å². The van der Waals surface area contributed by atoms with Gasteiger partial charge in [0.2, 0.25) is 0 Å². The number of rotatable bonds is 1. The lowest BCUT2D eigenvalue weighted by atomic mass is 9.49. The van der Waals surface area contributed by atoms with Crippen LogP contribution in [-0.4, -0.2) is 23.3 Å². The first-order valence-electron chi connectivity index (χ1n) is 7.19. The first-order valence-corrected chi connectivity index (χ1v) is 7.19. The summed E-state index contributed by atoms with van der Waals surface area (Å²) < 4.78 is 0. The first kappa shape index (κ1) is 9.90. The first-order chi connectivity index (χ1) is 7.73. The van der Waals surface area contributed by atoms with Crippen molar-refractivity contribution in [3.05, 3.63) is 0 Å². The molecule has 5 aliphatic rings. The van der Waals surface area contributed by atoms with Gasteiger partial charge in [-0.25, -0.2) is 0 Å². The van der Waals surface area contributed by atoms with E-state index in [4.69, 9.17) is 0 Å². The second-order valence-electron chi connectivity index (χ2n) is 6.97. The van der Waals surface area contributed by atoms with E-state index in [1.54, 1.807) is 0 Å². The second kappa shape index (κ2) is 3.23. The molecule has 0 aromatic heterocycles. The van der Waals surface area contributed by atoms with Gasteiger partial charge in [-0.05, 0) is 75.2 Å². The third-order valence-electron chi connectivity index (χ3n) is 5.88. The highest BCUT2D eigenvalue weighted by Gasteiger charge is 2.56. The fraction of sp³-hybridized carbons (Fsp3) is 1.00. The van der Waals surface area contributed by atoms with E-state index in [2.05, 4.69) is 5.32 Å². The molecule has 1 saturated heterocycles. The Morgan fingerprint density at radius 1 is 1.06 bits per heavy atom. The average molecular weight is 221 g/mol. The van der Waals surface area contributed by atoms with Crippen LogP contribution in [0.2, 0.25) is 0 Å². The fourth-order valence-electron chi connectivity index (χ4n) is 5.72. The van der Waals surface area contributed by atoms with Crippen LogP contribution in [0, 0.1) is 23.7 Å². The van der Waals surface area contributed by atoms with Gasteiger partial charge in [-0.3, -0.25) is 0 Å². The molecule has 4 saturated carbocycles. The minimum atomic E-state index is -0.244. The molecule has 90 valence electrons.